The van der Waals surface area contributed by atoms with E-state index < -0.39 is 24.0 Å². The first-order chi connectivity index (χ1) is 17.0. The van der Waals surface area contributed by atoms with Crippen molar-refractivity contribution in [1.82, 2.24) is 4.90 Å². The Hall–Kier alpha value is -3.70. The summed E-state index contributed by atoms with van der Waals surface area (Å²) in [7, 11) is 1.38. The van der Waals surface area contributed by atoms with Crippen molar-refractivity contribution < 1.29 is 19.1 Å². The lowest BCUT2D eigenvalue weighted by Crippen LogP contribution is -2.53. The number of carbonyl (C=O) groups is 2. The van der Waals surface area contributed by atoms with Crippen molar-refractivity contribution in [2.24, 2.45) is 5.92 Å². The maximum absolute atomic E-state index is 12.9. The van der Waals surface area contributed by atoms with Crippen LogP contribution in [-0.2, 0) is 38.6 Å². The first kappa shape index (κ1) is 24.4. The second-order valence-electron chi connectivity index (χ2n) is 8.92. The number of hydrogen-bond donors (Lipinski definition) is 0. The topological polar surface area (TPSA) is 55.8 Å². The number of ether oxygens (including phenoxy) is 2. The van der Waals surface area contributed by atoms with E-state index in [-0.39, 0.29) is 6.04 Å². The summed E-state index contributed by atoms with van der Waals surface area (Å²) in [5.74, 6) is -1.49. The SMILES string of the molecule is COC(=O)[C@H]1C(C)=CC(=O)O[C@@H]1[C@H](Cc1ccccc1)N(Cc1ccccc1)Cc1ccccc1. The lowest BCUT2D eigenvalue weighted by atomic mass is 9.84. The average molecular weight is 470 g/mol. The van der Waals surface area contributed by atoms with Gasteiger partial charge < -0.3 is 9.47 Å². The number of hydrogen-bond acceptors (Lipinski definition) is 5. The number of carbonyl (C=O) groups excluding carboxylic acids is 2. The van der Waals surface area contributed by atoms with Gasteiger partial charge in [0, 0.05) is 19.2 Å². The van der Waals surface area contributed by atoms with Gasteiger partial charge in [0.2, 0.25) is 0 Å². The molecule has 0 saturated carbocycles. The molecule has 1 heterocycles. The Bertz CT molecular complexity index is 1100. The molecule has 0 radical (unpaired) electrons. The number of methoxy groups -OCH3 is 1. The van der Waals surface area contributed by atoms with Crippen LogP contribution in [0, 0.1) is 5.92 Å². The van der Waals surface area contributed by atoms with Crippen LogP contribution >= 0.6 is 0 Å². The van der Waals surface area contributed by atoms with E-state index in [2.05, 4.69) is 41.3 Å². The molecule has 0 unspecified atom stereocenters. The highest BCUT2D eigenvalue weighted by Gasteiger charge is 2.44. The molecule has 0 N–H and O–H groups in total. The minimum absolute atomic E-state index is 0.269. The van der Waals surface area contributed by atoms with E-state index in [0.29, 0.717) is 25.1 Å². The number of rotatable bonds is 9. The van der Waals surface area contributed by atoms with Crippen LogP contribution in [0.4, 0.5) is 0 Å². The molecule has 35 heavy (non-hydrogen) atoms. The summed E-state index contributed by atoms with van der Waals surface area (Å²) < 4.78 is 11.1. The highest BCUT2D eigenvalue weighted by molar-refractivity contribution is 5.88. The van der Waals surface area contributed by atoms with Crippen LogP contribution in [0.3, 0.4) is 0 Å². The van der Waals surface area contributed by atoms with Gasteiger partial charge in [0.15, 0.2) is 0 Å². The standard InChI is InChI=1S/C30H31NO4/c1-22-18-27(32)35-29(28(22)30(33)34-2)26(19-23-12-6-3-7-13-23)31(20-24-14-8-4-9-15-24)21-25-16-10-5-11-17-25/h3-18,26,28-29H,19-21H2,1-2H3/t26-,28-,29+/m0/s1. The molecule has 0 bridgehead atoms. The van der Waals surface area contributed by atoms with Crippen molar-refractivity contribution in [3.63, 3.8) is 0 Å². The fourth-order valence-electron chi connectivity index (χ4n) is 4.75. The van der Waals surface area contributed by atoms with E-state index >= 15 is 0 Å². The lowest BCUT2D eigenvalue weighted by molar-refractivity contribution is -0.162. The predicted octanol–water partition coefficient (Wildman–Crippen LogP) is 4.96. The number of cyclic esters (lactones) is 1. The largest absolute Gasteiger partial charge is 0.468 e. The summed E-state index contributed by atoms with van der Waals surface area (Å²) >= 11 is 0. The van der Waals surface area contributed by atoms with Gasteiger partial charge in [0.05, 0.1) is 13.2 Å². The van der Waals surface area contributed by atoms with Gasteiger partial charge in [-0.1, -0.05) is 91.0 Å². The number of benzene rings is 3. The van der Waals surface area contributed by atoms with E-state index in [1.54, 1.807) is 6.92 Å². The van der Waals surface area contributed by atoms with Crippen LogP contribution in [0.1, 0.15) is 23.6 Å². The van der Waals surface area contributed by atoms with Crippen molar-refractivity contribution >= 4 is 11.9 Å². The normalized spacial score (nSPS) is 18.5. The van der Waals surface area contributed by atoms with E-state index in [4.69, 9.17) is 9.47 Å². The molecule has 0 fully saturated rings. The Balaban J connectivity index is 1.78. The molecule has 0 spiro atoms. The van der Waals surface area contributed by atoms with Gasteiger partial charge in [-0.15, -0.1) is 0 Å². The predicted molar refractivity (Wildman–Crippen MR) is 135 cm³/mol. The van der Waals surface area contributed by atoms with Gasteiger partial charge in [-0.25, -0.2) is 4.79 Å². The molecule has 0 aromatic heterocycles. The summed E-state index contributed by atoms with van der Waals surface area (Å²) in [5.41, 5.74) is 4.06. The van der Waals surface area contributed by atoms with Crippen LogP contribution in [-0.4, -0.2) is 36.1 Å². The van der Waals surface area contributed by atoms with Gasteiger partial charge in [0.1, 0.15) is 12.0 Å². The van der Waals surface area contributed by atoms with Gasteiger partial charge in [-0.2, -0.15) is 0 Å². The summed E-state index contributed by atoms with van der Waals surface area (Å²) in [6.45, 7) is 3.07. The fraction of sp³-hybridized carbons (Fsp3) is 0.267. The van der Waals surface area contributed by atoms with Crippen molar-refractivity contribution in [1.29, 1.82) is 0 Å². The monoisotopic (exact) mass is 469 g/mol. The minimum atomic E-state index is -0.687. The summed E-state index contributed by atoms with van der Waals surface area (Å²) in [5, 5.41) is 0. The average Bonchev–Trinajstić information content (AvgIpc) is 2.88. The van der Waals surface area contributed by atoms with Crippen molar-refractivity contribution in [2.75, 3.05) is 7.11 Å². The Morgan fingerprint density at radius 1 is 0.857 bits per heavy atom. The zero-order valence-corrected chi connectivity index (χ0v) is 20.2. The van der Waals surface area contributed by atoms with Gasteiger partial charge in [0.25, 0.3) is 0 Å². The highest BCUT2D eigenvalue weighted by atomic mass is 16.6. The molecular formula is C30H31NO4. The van der Waals surface area contributed by atoms with Crippen molar-refractivity contribution in [3.8, 4) is 0 Å². The lowest BCUT2D eigenvalue weighted by Gasteiger charge is -2.41. The van der Waals surface area contributed by atoms with Gasteiger partial charge in [-0.05, 0) is 35.6 Å². The Morgan fingerprint density at radius 3 is 1.83 bits per heavy atom. The zero-order chi connectivity index (χ0) is 24.6. The molecule has 1 aliphatic heterocycles. The molecule has 0 saturated heterocycles. The molecule has 180 valence electrons. The second-order valence-corrected chi connectivity index (χ2v) is 8.92. The van der Waals surface area contributed by atoms with Crippen LogP contribution in [0.2, 0.25) is 0 Å². The molecule has 3 atom stereocenters. The van der Waals surface area contributed by atoms with E-state index in [1.807, 2.05) is 54.6 Å². The van der Waals surface area contributed by atoms with Crippen molar-refractivity contribution in [3.05, 3.63) is 119 Å². The molecule has 5 nitrogen and oxygen atoms in total. The Kier molecular flexibility index (Phi) is 8.11. The number of esters is 2. The molecule has 0 amide bonds. The first-order valence-electron chi connectivity index (χ1n) is 11.9. The first-order valence-corrected chi connectivity index (χ1v) is 11.9. The maximum atomic E-state index is 12.9. The third-order valence-electron chi connectivity index (χ3n) is 6.46. The van der Waals surface area contributed by atoms with E-state index in [1.165, 1.54) is 13.2 Å². The summed E-state index contributed by atoms with van der Waals surface area (Å²) in [4.78, 5) is 27.8. The Labute approximate surface area is 207 Å². The Morgan fingerprint density at radius 2 is 1.34 bits per heavy atom. The van der Waals surface area contributed by atoms with E-state index in [9.17, 15) is 9.59 Å². The minimum Gasteiger partial charge on any atom is -0.468 e. The quantitative estimate of drug-likeness (QED) is 0.415. The highest BCUT2D eigenvalue weighted by Crippen LogP contribution is 2.32. The molecule has 4 rings (SSSR count). The van der Waals surface area contributed by atoms with Crippen LogP contribution in [0.25, 0.3) is 0 Å². The molecule has 3 aromatic rings. The summed E-state index contributed by atoms with van der Waals surface area (Å²) in [6.07, 6.45) is 1.32. The molecular weight excluding hydrogens is 438 g/mol. The van der Waals surface area contributed by atoms with Crippen LogP contribution < -0.4 is 0 Å². The molecule has 5 heteroatoms. The third-order valence-corrected chi connectivity index (χ3v) is 6.46. The van der Waals surface area contributed by atoms with Gasteiger partial charge in [-0.3, -0.25) is 9.69 Å². The van der Waals surface area contributed by atoms with Gasteiger partial charge >= 0.3 is 11.9 Å². The number of nitrogens with zero attached hydrogens (tertiary/aromatic N) is 1. The second kappa shape index (κ2) is 11.6. The maximum Gasteiger partial charge on any atom is 0.331 e. The smallest absolute Gasteiger partial charge is 0.331 e. The molecule has 3 aromatic carbocycles. The zero-order valence-electron chi connectivity index (χ0n) is 20.2. The summed E-state index contributed by atoms with van der Waals surface area (Å²) in [6, 6.07) is 30.3. The molecule has 0 aliphatic carbocycles. The van der Waals surface area contributed by atoms with Crippen LogP contribution in [0.15, 0.2) is 103 Å². The van der Waals surface area contributed by atoms with Crippen LogP contribution in [0.5, 0.6) is 0 Å². The van der Waals surface area contributed by atoms with Crippen molar-refractivity contribution in [2.45, 2.75) is 38.6 Å². The fourth-order valence-corrected chi connectivity index (χ4v) is 4.75. The van der Waals surface area contributed by atoms with E-state index in [0.717, 1.165) is 16.7 Å². The third kappa shape index (κ3) is 6.25. The molecule has 1 aliphatic rings.